The monoisotopic (exact) mass is 294 g/mol. The predicted molar refractivity (Wildman–Crippen MR) is 87.3 cm³/mol. The summed E-state index contributed by atoms with van der Waals surface area (Å²) in [6.07, 6.45) is 10.7. The minimum atomic E-state index is 0.356. The van der Waals surface area contributed by atoms with Gasteiger partial charge in [0.05, 0.1) is 0 Å². The van der Waals surface area contributed by atoms with Gasteiger partial charge in [-0.25, -0.2) is 0 Å². The van der Waals surface area contributed by atoms with Crippen molar-refractivity contribution in [1.29, 1.82) is 0 Å². The zero-order valence-corrected chi connectivity index (χ0v) is 13.8. The third kappa shape index (κ3) is 4.43. The van der Waals surface area contributed by atoms with Gasteiger partial charge in [-0.1, -0.05) is 6.42 Å². The van der Waals surface area contributed by atoms with Crippen molar-refractivity contribution in [3.63, 3.8) is 0 Å². The third-order valence-corrected chi connectivity index (χ3v) is 6.14. The van der Waals surface area contributed by atoms with Crippen LogP contribution in [-0.2, 0) is 0 Å². The van der Waals surface area contributed by atoms with Crippen LogP contribution in [0.2, 0.25) is 0 Å². The number of nitrogens with one attached hydrogen (secondary N) is 1. The molecule has 2 aliphatic carbocycles. The second-order valence-electron chi connectivity index (χ2n) is 7.90. The van der Waals surface area contributed by atoms with Gasteiger partial charge in [0.2, 0.25) is 0 Å². The topological polar surface area (TPSA) is 35.5 Å². The molecule has 0 aromatic carbocycles. The summed E-state index contributed by atoms with van der Waals surface area (Å²) in [4.78, 5) is 2.75. The summed E-state index contributed by atoms with van der Waals surface area (Å²) in [7, 11) is 0. The van der Waals surface area contributed by atoms with E-state index in [-0.39, 0.29) is 0 Å². The molecule has 3 fully saturated rings. The van der Waals surface area contributed by atoms with Crippen LogP contribution >= 0.6 is 0 Å². The molecule has 3 rings (SSSR count). The Morgan fingerprint density at radius 2 is 1.95 bits per heavy atom. The maximum absolute atomic E-state index is 9.12. The molecule has 122 valence electrons. The van der Waals surface area contributed by atoms with Crippen LogP contribution in [0.15, 0.2) is 0 Å². The van der Waals surface area contributed by atoms with Gasteiger partial charge in [0.15, 0.2) is 0 Å². The fourth-order valence-electron chi connectivity index (χ4n) is 4.22. The van der Waals surface area contributed by atoms with Gasteiger partial charge >= 0.3 is 0 Å². The minimum absolute atomic E-state index is 0.356. The molecule has 0 aromatic rings. The summed E-state index contributed by atoms with van der Waals surface area (Å²) < 4.78 is 0. The zero-order chi connectivity index (χ0) is 14.7. The predicted octanol–water partition coefficient (Wildman–Crippen LogP) is 2.64. The van der Waals surface area contributed by atoms with E-state index < -0.39 is 0 Å². The number of piperidine rings is 1. The van der Waals surface area contributed by atoms with Gasteiger partial charge in [0.1, 0.15) is 0 Å². The lowest BCUT2D eigenvalue weighted by Crippen LogP contribution is -2.53. The Bertz CT molecular complexity index is 314. The highest BCUT2D eigenvalue weighted by Crippen LogP contribution is 2.37. The molecule has 0 spiro atoms. The van der Waals surface area contributed by atoms with Gasteiger partial charge in [0.25, 0.3) is 0 Å². The molecule has 0 bridgehead atoms. The molecule has 2 N–H and O–H groups in total. The molecular weight excluding hydrogens is 260 g/mol. The number of hydrogen-bond donors (Lipinski definition) is 2. The van der Waals surface area contributed by atoms with E-state index in [1.54, 1.807) is 0 Å². The maximum Gasteiger partial charge on any atom is 0.0431 e. The first-order valence-electron chi connectivity index (χ1n) is 9.34. The van der Waals surface area contributed by atoms with Crippen molar-refractivity contribution in [1.82, 2.24) is 10.2 Å². The molecule has 3 atom stereocenters. The van der Waals surface area contributed by atoms with Crippen molar-refractivity contribution in [3.8, 4) is 0 Å². The molecule has 21 heavy (non-hydrogen) atoms. The number of aliphatic hydroxyl groups excluding tert-OH is 1. The van der Waals surface area contributed by atoms with E-state index in [9.17, 15) is 0 Å². The Balaban J connectivity index is 1.50. The zero-order valence-electron chi connectivity index (χ0n) is 13.8. The molecule has 2 saturated carbocycles. The van der Waals surface area contributed by atoms with E-state index in [0.717, 1.165) is 30.2 Å². The van der Waals surface area contributed by atoms with Crippen LogP contribution in [0.5, 0.6) is 0 Å². The molecule has 0 aromatic heterocycles. The van der Waals surface area contributed by atoms with Crippen LogP contribution in [0.25, 0.3) is 0 Å². The summed E-state index contributed by atoms with van der Waals surface area (Å²) in [6.45, 7) is 6.55. The van der Waals surface area contributed by atoms with E-state index in [1.165, 1.54) is 64.6 Å². The van der Waals surface area contributed by atoms with Crippen LogP contribution in [0.3, 0.4) is 0 Å². The summed E-state index contributed by atoms with van der Waals surface area (Å²) >= 11 is 0. The highest BCUT2D eigenvalue weighted by molar-refractivity contribution is 4.92. The van der Waals surface area contributed by atoms with Crippen LogP contribution in [0.1, 0.15) is 58.3 Å². The molecule has 3 aliphatic rings. The van der Waals surface area contributed by atoms with Crippen molar-refractivity contribution >= 4 is 0 Å². The van der Waals surface area contributed by atoms with Crippen molar-refractivity contribution in [2.75, 3.05) is 26.2 Å². The Morgan fingerprint density at radius 3 is 2.57 bits per heavy atom. The second-order valence-corrected chi connectivity index (χ2v) is 7.90. The molecule has 3 nitrogen and oxygen atoms in total. The van der Waals surface area contributed by atoms with Gasteiger partial charge < -0.3 is 10.4 Å². The van der Waals surface area contributed by atoms with Crippen molar-refractivity contribution in [3.05, 3.63) is 0 Å². The summed E-state index contributed by atoms with van der Waals surface area (Å²) in [5.74, 6) is 2.71. The Kier molecular flexibility index (Phi) is 5.58. The summed E-state index contributed by atoms with van der Waals surface area (Å²) in [5, 5.41) is 13.0. The Hall–Kier alpha value is -0.120. The van der Waals surface area contributed by atoms with Crippen molar-refractivity contribution in [2.24, 2.45) is 17.8 Å². The van der Waals surface area contributed by atoms with Gasteiger partial charge in [0, 0.05) is 31.8 Å². The van der Waals surface area contributed by atoms with Crippen LogP contribution in [0.4, 0.5) is 0 Å². The van der Waals surface area contributed by atoms with E-state index in [4.69, 9.17) is 5.11 Å². The van der Waals surface area contributed by atoms with Gasteiger partial charge in [-0.3, -0.25) is 4.90 Å². The number of aliphatic hydroxyl groups is 1. The van der Waals surface area contributed by atoms with Gasteiger partial charge in [-0.15, -0.1) is 0 Å². The van der Waals surface area contributed by atoms with E-state index >= 15 is 0 Å². The van der Waals surface area contributed by atoms with E-state index in [1.807, 2.05) is 0 Å². The largest absolute Gasteiger partial charge is 0.396 e. The number of nitrogens with zero attached hydrogens (tertiary/aromatic N) is 1. The standard InChI is InChI=1S/C18H34N2O/c1-14(17-7-8-17)20-12-16(6-3-9-21)10-18(13-20)19-11-15-4-2-5-15/h14-19,21H,2-13H2,1H3. The quantitative estimate of drug-likeness (QED) is 0.722. The first-order chi connectivity index (χ1) is 10.3. The van der Waals surface area contributed by atoms with Crippen molar-refractivity contribution < 1.29 is 5.11 Å². The fraction of sp³-hybridized carbons (Fsp3) is 1.00. The average molecular weight is 294 g/mol. The lowest BCUT2D eigenvalue weighted by molar-refractivity contribution is 0.0843. The molecule has 0 radical (unpaired) electrons. The second kappa shape index (κ2) is 7.43. The number of rotatable bonds is 8. The maximum atomic E-state index is 9.12. The molecule has 1 saturated heterocycles. The third-order valence-electron chi connectivity index (χ3n) is 6.14. The Labute approximate surface area is 130 Å². The number of hydrogen-bond acceptors (Lipinski definition) is 3. The average Bonchev–Trinajstić information content (AvgIpc) is 3.27. The molecule has 3 heteroatoms. The van der Waals surface area contributed by atoms with Crippen LogP contribution < -0.4 is 5.32 Å². The van der Waals surface area contributed by atoms with Crippen molar-refractivity contribution in [2.45, 2.75) is 70.4 Å². The first-order valence-corrected chi connectivity index (χ1v) is 9.34. The summed E-state index contributed by atoms with van der Waals surface area (Å²) in [5.41, 5.74) is 0. The molecule has 0 amide bonds. The SMILES string of the molecule is CC(C1CC1)N1CC(CCCO)CC(NCC2CCC2)C1. The smallest absolute Gasteiger partial charge is 0.0431 e. The summed E-state index contributed by atoms with van der Waals surface area (Å²) in [6, 6.07) is 1.46. The highest BCUT2D eigenvalue weighted by Gasteiger charge is 2.36. The fourth-order valence-corrected chi connectivity index (χ4v) is 4.22. The molecule has 1 heterocycles. The lowest BCUT2D eigenvalue weighted by Gasteiger charge is -2.42. The molecule has 3 unspecified atom stereocenters. The molecule has 1 aliphatic heterocycles. The highest BCUT2D eigenvalue weighted by atomic mass is 16.2. The van der Waals surface area contributed by atoms with E-state index in [0.29, 0.717) is 12.6 Å². The first kappa shape index (κ1) is 15.8. The Morgan fingerprint density at radius 1 is 1.14 bits per heavy atom. The molecular formula is C18H34N2O. The lowest BCUT2D eigenvalue weighted by atomic mass is 9.84. The van der Waals surface area contributed by atoms with E-state index in [2.05, 4.69) is 17.1 Å². The van der Waals surface area contributed by atoms with Gasteiger partial charge in [-0.05, 0) is 76.2 Å². The van der Waals surface area contributed by atoms with Crippen LogP contribution in [0, 0.1) is 17.8 Å². The van der Waals surface area contributed by atoms with Gasteiger partial charge in [-0.2, -0.15) is 0 Å². The minimum Gasteiger partial charge on any atom is -0.396 e. The van der Waals surface area contributed by atoms with Crippen LogP contribution in [-0.4, -0.2) is 48.3 Å². The number of likely N-dealkylation sites (tertiary alicyclic amines) is 1. The normalized spacial score (nSPS) is 32.9.